The number of ether oxygens (including phenoxy) is 1. The Morgan fingerprint density at radius 3 is 2.52 bits per heavy atom. The highest BCUT2D eigenvalue weighted by Crippen LogP contribution is 2.36. The van der Waals surface area contributed by atoms with E-state index in [9.17, 15) is 9.59 Å². The van der Waals surface area contributed by atoms with Gasteiger partial charge in [-0.1, -0.05) is 37.5 Å². The maximum atomic E-state index is 13.3. The molecule has 0 radical (unpaired) electrons. The molecule has 9 nitrogen and oxygen atoms in total. The molecule has 0 unspecified atom stereocenters. The third-order valence-corrected chi connectivity index (χ3v) is 8.64. The molecule has 2 fully saturated rings. The second kappa shape index (κ2) is 12.8. The van der Waals surface area contributed by atoms with Gasteiger partial charge < -0.3 is 29.5 Å². The zero-order chi connectivity index (χ0) is 28.9. The molecule has 4 aromatic rings. The summed E-state index contributed by atoms with van der Waals surface area (Å²) >= 11 is 0. The van der Waals surface area contributed by atoms with Crippen molar-refractivity contribution in [1.82, 2.24) is 20.2 Å². The Morgan fingerprint density at radius 1 is 0.976 bits per heavy atom. The van der Waals surface area contributed by atoms with Gasteiger partial charge in [0.15, 0.2) is 6.61 Å². The molecule has 2 aromatic heterocycles. The van der Waals surface area contributed by atoms with E-state index in [2.05, 4.69) is 15.2 Å². The van der Waals surface area contributed by atoms with Gasteiger partial charge in [-0.05, 0) is 68.9 Å². The van der Waals surface area contributed by atoms with E-state index >= 15 is 0 Å². The molecule has 2 aliphatic rings. The van der Waals surface area contributed by atoms with Crippen LogP contribution in [-0.2, 0) is 11.3 Å². The zero-order valence-corrected chi connectivity index (χ0v) is 23.8. The van der Waals surface area contributed by atoms with Crippen molar-refractivity contribution in [2.24, 2.45) is 0 Å². The number of amides is 1. The van der Waals surface area contributed by atoms with Crippen LogP contribution in [0.5, 0.6) is 5.75 Å². The van der Waals surface area contributed by atoms with Crippen LogP contribution in [0.1, 0.15) is 79.8 Å². The molecule has 220 valence electrons. The monoisotopic (exact) mass is 570 g/mol. The molecule has 0 saturated heterocycles. The highest BCUT2D eigenvalue weighted by molar-refractivity contribution is 5.98. The molecule has 2 saturated carbocycles. The number of aromatic nitrogens is 2. The van der Waals surface area contributed by atoms with Crippen molar-refractivity contribution in [2.75, 3.05) is 6.61 Å². The first-order chi connectivity index (χ1) is 20.5. The van der Waals surface area contributed by atoms with Crippen LogP contribution in [0.2, 0.25) is 0 Å². The van der Waals surface area contributed by atoms with Crippen molar-refractivity contribution in [2.45, 2.75) is 82.5 Å². The SMILES string of the molecule is O=C(O)COc1ccccc1CNC1CCC(NC(=O)c2ccc3c(c2)nc(-c2ccoc2)n3C2CCCCC2)CC1. The number of benzene rings is 2. The fraction of sp³-hybridized carbons (Fsp3) is 0.424. The molecule has 3 N–H and O–H groups in total. The molecule has 2 heterocycles. The number of para-hydroxylation sites is 1. The van der Waals surface area contributed by atoms with Crippen LogP contribution in [0, 0.1) is 0 Å². The van der Waals surface area contributed by atoms with Gasteiger partial charge in [0.1, 0.15) is 17.8 Å². The Labute approximate surface area is 245 Å². The average molecular weight is 571 g/mol. The van der Waals surface area contributed by atoms with E-state index in [-0.39, 0.29) is 18.6 Å². The number of nitrogens with zero attached hydrogens (tertiary/aromatic N) is 2. The summed E-state index contributed by atoms with van der Waals surface area (Å²) in [5.74, 6) is 0.442. The third kappa shape index (κ3) is 6.36. The van der Waals surface area contributed by atoms with Crippen molar-refractivity contribution in [3.05, 3.63) is 72.2 Å². The van der Waals surface area contributed by atoms with Crippen molar-refractivity contribution in [3.8, 4) is 17.1 Å². The molecule has 2 aliphatic carbocycles. The number of aliphatic carboxylic acids is 1. The third-order valence-electron chi connectivity index (χ3n) is 8.64. The Hall–Kier alpha value is -4.11. The van der Waals surface area contributed by atoms with Crippen molar-refractivity contribution in [3.63, 3.8) is 0 Å². The van der Waals surface area contributed by atoms with E-state index in [0.29, 0.717) is 29.9 Å². The van der Waals surface area contributed by atoms with Gasteiger partial charge in [-0.3, -0.25) is 4.79 Å². The molecule has 6 rings (SSSR count). The Kier molecular flexibility index (Phi) is 8.55. The minimum absolute atomic E-state index is 0.0603. The first-order valence-electron chi connectivity index (χ1n) is 15.1. The maximum absolute atomic E-state index is 13.3. The van der Waals surface area contributed by atoms with Gasteiger partial charge in [-0.2, -0.15) is 0 Å². The molecule has 0 bridgehead atoms. The number of carboxylic acids is 1. The summed E-state index contributed by atoms with van der Waals surface area (Å²) in [4.78, 5) is 29.1. The number of carbonyl (C=O) groups is 2. The van der Waals surface area contributed by atoms with E-state index in [0.717, 1.165) is 66.5 Å². The molecule has 9 heteroatoms. The number of imidazole rings is 1. The van der Waals surface area contributed by atoms with Crippen LogP contribution in [-0.4, -0.2) is 45.2 Å². The molecule has 0 spiro atoms. The van der Waals surface area contributed by atoms with Crippen LogP contribution >= 0.6 is 0 Å². The fourth-order valence-electron chi connectivity index (χ4n) is 6.44. The van der Waals surface area contributed by atoms with E-state index in [1.165, 1.54) is 19.3 Å². The summed E-state index contributed by atoms with van der Waals surface area (Å²) in [5.41, 5.74) is 4.43. The van der Waals surface area contributed by atoms with Gasteiger partial charge in [0.2, 0.25) is 0 Å². The van der Waals surface area contributed by atoms with Gasteiger partial charge in [0, 0.05) is 35.8 Å². The summed E-state index contributed by atoms with van der Waals surface area (Å²) < 4.78 is 13.2. The number of fused-ring (bicyclic) bond motifs is 1. The van der Waals surface area contributed by atoms with Gasteiger partial charge in [0.25, 0.3) is 5.91 Å². The largest absolute Gasteiger partial charge is 0.482 e. The van der Waals surface area contributed by atoms with Gasteiger partial charge >= 0.3 is 5.97 Å². The first-order valence-corrected chi connectivity index (χ1v) is 15.1. The smallest absolute Gasteiger partial charge is 0.341 e. The van der Waals surface area contributed by atoms with Gasteiger partial charge in [-0.25, -0.2) is 9.78 Å². The van der Waals surface area contributed by atoms with Gasteiger partial charge in [0.05, 0.1) is 22.9 Å². The van der Waals surface area contributed by atoms with Crippen LogP contribution in [0.25, 0.3) is 22.4 Å². The summed E-state index contributed by atoms with van der Waals surface area (Å²) in [6, 6.07) is 16.2. The molecule has 0 atom stereocenters. The molecule has 0 aliphatic heterocycles. The standard InChI is InChI=1S/C33H38N4O5/c38-31(39)21-42-30-9-5-4-6-23(30)19-34-25-11-13-26(14-12-25)35-33(40)22-10-15-29-28(18-22)36-32(24-16-17-41-20-24)37(29)27-7-2-1-3-8-27/h4-6,9-10,15-18,20,25-27,34H,1-3,7-8,11-14,19,21H2,(H,35,40)(H,38,39). The Bertz CT molecular complexity index is 1510. The number of carboxylic acid groups (broad SMARTS) is 1. The number of carbonyl (C=O) groups excluding carboxylic acids is 1. The number of rotatable bonds is 10. The normalized spacial score (nSPS) is 19.5. The number of hydrogen-bond donors (Lipinski definition) is 3. The highest BCUT2D eigenvalue weighted by atomic mass is 16.5. The van der Waals surface area contributed by atoms with E-state index in [1.807, 2.05) is 42.5 Å². The molecular formula is C33H38N4O5. The molecule has 2 aromatic carbocycles. The molecule has 1 amide bonds. The fourth-order valence-corrected chi connectivity index (χ4v) is 6.44. The summed E-state index contributed by atoms with van der Waals surface area (Å²) in [6.45, 7) is 0.245. The summed E-state index contributed by atoms with van der Waals surface area (Å²) in [5, 5.41) is 15.8. The van der Waals surface area contributed by atoms with E-state index in [4.69, 9.17) is 19.2 Å². The number of hydrogen-bond acceptors (Lipinski definition) is 6. The predicted molar refractivity (Wildman–Crippen MR) is 159 cm³/mol. The van der Waals surface area contributed by atoms with E-state index in [1.54, 1.807) is 18.6 Å². The minimum Gasteiger partial charge on any atom is -0.482 e. The van der Waals surface area contributed by atoms with Crippen molar-refractivity contribution in [1.29, 1.82) is 0 Å². The van der Waals surface area contributed by atoms with Crippen molar-refractivity contribution < 1.29 is 23.8 Å². The minimum atomic E-state index is -0.994. The second-order valence-electron chi connectivity index (χ2n) is 11.5. The highest BCUT2D eigenvalue weighted by Gasteiger charge is 2.25. The van der Waals surface area contributed by atoms with Crippen LogP contribution < -0.4 is 15.4 Å². The maximum Gasteiger partial charge on any atom is 0.341 e. The average Bonchev–Trinajstić information content (AvgIpc) is 3.68. The second-order valence-corrected chi connectivity index (χ2v) is 11.5. The Morgan fingerprint density at radius 2 is 1.76 bits per heavy atom. The predicted octanol–water partition coefficient (Wildman–Crippen LogP) is 6.10. The van der Waals surface area contributed by atoms with E-state index < -0.39 is 5.97 Å². The van der Waals surface area contributed by atoms with Crippen LogP contribution in [0.4, 0.5) is 0 Å². The molecule has 42 heavy (non-hydrogen) atoms. The zero-order valence-electron chi connectivity index (χ0n) is 23.8. The number of furan rings is 1. The molecular weight excluding hydrogens is 532 g/mol. The number of nitrogens with one attached hydrogen (secondary N) is 2. The van der Waals surface area contributed by atoms with Crippen molar-refractivity contribution >= 4 is 22.9 Å². The lowest BCUT2D eigenvalue weighted by molar-refractivity contribution is -0.139. The topological polar surface area (TPSA) is 119 Å². The van der Waals surface area contributed by atoms with Gasteiger partial charge in [-0.15, -0.1) is 0 Å². The quantitative estimate of drug-likeness (QED) is 0.211. The lowest BCUT2D eigenvalue weighted by Gasteiger charge is -2.30. The van der Waals surface area contributed by atoms with Crippen LogP contribution in [0.15, 0.2) is 65.5 Å². The Balaban J connectivity index is 1.07. The van der Waals surface area contributed by atoms with Crippen LogP contribution in [0.3, 0.4) is 0 Å². The first kappa shape index (κ1) is 28.0. The summed E-state index contributed by atoms with van der Waals surface area (Å²) in [6.07, 6.45) is 13.1. The lowest BCUT2D eigenvalue weighted by Crippen LogP contribution is -2.42. The lowest BCUT2D eigenvalue weighted by atomic mass is 9.90. The summed E-state index contributed by atoms with van der Waals surface area (Å²) in [7, 11) is 0.